The first-order chi connectivity index (χ1) is 15.4. The van der Waals surface area contributed by atoms with E-state index in [9.17, 15) is 19.8 Å². The number of carboxylic acids is 1. The van der Waals surface area contributed by atoms with Gasteiger partial charge in [0.25, 0.3) is 0 Å². The summed E-state index contributed by atoms with van der Waals surface area (Å²) in [5.74, 6) is -0.808. The van der Waals surface area contributed by atoms with Gasteiger partial charge in [-0.2, -0.15) is 0 Å². The number of benzene rings is 1. The molecule has 1 amide bonds. The number of hydrogen-bond donors (Lipinski definition) is 1. The molecule has 2 aliphatic carbocycles. The van der Waals surface area contributed by atoms with Gasteiger partial charge >= 0.3 is 46.6 Å². The fourth-order valence-corrected chi connectivity index (χ4v) is 5.52. The zero-order valence-corrected chi connectivity index (χ0v) is 22.9. The van der Waals surface area contributed by atoms with Crippen LogP contribution in [-0.4, -0.2) is 40.5 Å². The summed E-state index contributed by atoms with van der Waals surface area (Å²) in [5, 5.41) is 21.1. The van der Waals surface area contributed by atoms with Crippen molar-refractivity contribution in [3.05, 3.63) is 98.7 Å². The fraction of sp³-hybridized carbons (Fsp3) is 0.200. The monoisotopic (exact) mass is 527 g/mol. The van der Waals surface area contributed by atoms with Crippen molar-refractivity contribution in [2.45, 2.75) is 18.4 Å². The molecule has 0 bridgehead atoms. The summed E-state index contributed by atoms with van der Waals surface area (Å²) in [6.07, 6.45) is 16.9. The quantitative estimate of drug-likeness (QED) is 0.383. The van der Waals surface area contributed by atoms with Crippen molar-refractivity contribution in [2.75, 3.05) is 7.11 Å². The van der Waals surface area contributed by atoms with Gasteiger partial charge in [-0.1, -0.05) is 23.9 Å². The molecule has 2 saturated carbocycles. The number of aliphatic hydroxyl groups is 1. The second-order valence-corrected chi connectivity index (χ2v) is 8.63. The van der Waals surface area contributed by atoms with Gasteiger partial charge in [-0.15, -0.1) is 0 Å². The molecule has 3 fully saturated rings. The molecule has 0 spiro atoms. The average molecular weight is 527 g/mol. The largest absolute Gasteiger partial charge is 2.00 e. The van der Waals surface area contributed by atoms with Gasteiger partial charge in [0.2, 0.25) is 5.91 Å². The van der Waals surface area contributed by atoms with Gasteiger partial charge in [-0.05, 0) is 76.3 Å². The summed E-state index contributed by atoms with van der Waals surface area (Å²) in [4.78, 5) is 25.7. The molecule has 6 nitrogen and oxygen atoms in total. The van der Waals surface area contributed by atoms with Crippen LogP contribution in [-0.2, 0) is 26.7 Å². The van der Waals surface area contributed by atoms with E-state index in [4.69, 9.17) is 4.74 Å². The molecule has 10 radical (unpaired) electrons. The number of amides is 1. The fourth-order valence-electron chi connectivity index (χ4n) is 3.92. The topological polar surface area (TPSA) is 89.9 Å². The smallest absolute Gasteiger partial charge is 0.543 e. The molecule has 2 heterocycles. The number of carbonyl (C=O) groups excluding carboxylic acids is 2. The number of aliphatic hydroxyl groups excluding tert-OH is 1. The molecule has 1 aromatic carbocycles. The standard InChI is InChI=1S/C20H18NO5S.C5H5.Fe.Na/c1-10(22)15-18(23)21-16(20(24)25)17(27-19(15)21)12-7-8-13(14(9-12)26-2)11-5-3-4-6-11;1-2-4-5-3-1;;/h3-10,15,19,22H,1-2H3,(H,24,25);1-5H;;/q;;+2;+1/p-1/t10-,15+,19-;;;/m1.../s1. The van der Waals surface area contributed by atoms with Crippen LogP contribution in [0.1, 0.15) is 18.1 Å². The molecule has 2 aliphatic heterocycles. The predicted molar refractivity (Wildman–Crippen MR) is 119 cm³/mol. The Kier molecular flexibility index (Phi) is 11.5. The predicted octanol–water partition coefficient (Wildman–Crippen LogP) is -1.20. The molecule has 170 valence electrons. The third-order valence-corrected chi connectivity index (χ3v) is 6.90. The minimum atomic E-state index is -1.41. The molecule has 1 aromatic rings. The number of aliphatic carboxylic acids is 1. The van der Waals surface area contributed by atoms with Crippen LogP contribution in [0.4, 0.5) is 0 Å². The van der Waals surface area contributed by atoms with E-state index in [1.165, 1.54) is 23.6 Å². The van der Waals surface area contributed by atoms with Crippen molar-refractivity contribution in [1.29, 1.82) is 0 Å². The van der Waals surface area contributed by atoms with Crippen molar-refractivity contribution >= 4 is 28.5 Å². The summed E-state index contributed by atoms with van der Waals surface area (Å²) in [6.45, 7) is 1.54. The molecule has 0 aromatic heterocycles. The molecular formula is C25H22FeNNaO5S+2. The average Bonchev–Trinajstić information content (AvgIpc) is 3.54. The van der Waals surface area contributed by atoms with Gasteiger partial charge in [-0.25, -0.2) is 0 Å². The number of hydrogen-bond acceptors (Lipinski definition) is 6. The van der Waals surface area contributed by atoms with Gasteiger partial charge in [0.1, 0.15) is 11.1 Å². The maximum Gasteiger partial charge on any atom is 2.00 e. The van der Waals surface area contributed by atoms with E-state index < -0.39 is 29.3 Å². The Hall–Kier alpha value is -0.471. The number of fused-ring (bicyclic) bond motifs is 1. The maximum absolute atomic E-state index is 12.3. The molecule has 5 rings (SSSR count). The van der Waals surface area contributed by atoms with E-state index in [-0.39, 0.29) is 52.3 Å². The van der Waals surface area contributed by atoms with E-state index in [1.807, 2.05) is 69.9 Å². The van der Waals surface area contributed by atoms with Crippen LogP contribution in [0.25, 0.3) is 4.91 Å². The van der Waals surface area contributed by atoms with E-state index in [1.54, 1.807) is 13.2 Å². The number of thioether (sulfide) groups is 1. The normalized spacial score (nSPS) is 24.3. The van der Waals surface area contributed by atoms with Gasteiger partial charge in [0.15, 0.2) is 0 Å². The molecular weight excluding hydrogens is 505 g/mol. The first-order valence-electron chi connectivity index (χ1n) is 10.1. The summed E-state index contributed by atoms with van der Waals surface area (Å²) in [7, 11) is 1.56. The van der Waals surface area contributed by atoms with Crippen LogP contribution < -0.4 is 39.4 Å². The first kappa shape index (κ1) is 29.8. The number of β-lactam (4-membered cyclic amide) rings is 1. The van der Waals surface area contributed by atoms with E-state index in [0.717, 1.165) is 11.5 Å². The van der Waals surface area contributed by atoms with Gasteiger partial charge < -0.3 is 19.7 Å². The van der Waals surface area contributed by atoms with Crippen LogP contribution in [0.3, 0.4) is 0 Å². The third-order valence-electron chi connectivity index (χ3n) is 5.48. The number of carbonyl (C=O) groups is 2. The number of nitrogens with zero attached hydrogens (tertiary/aromatic N) is 1. The Morgan fingerprint density at radius 3 is 2.21 bits per heavy atom. The molecule has 34 heavy (non-hydrogen) atoms. The molecule has 0 unspecified atom stereocenters. The SMILES string of the molecule is COc1cc(C2=C(C(=O)[O-])N3C(=O)[C@H]([C@@H](C)O)[C@H]3S2)ccc1[C]1[CH][CH][CH][CH]1.[CH]1[CH][CH][CH][CH]1.[Fe+2].[Na+]. The molecule has 9 heteroatoms. The maximum atomic E-state index is 12.3. The molecule has 4 aliphatic rings. The minimum Gasteiger partial charge on any atom is -0.543 e. The Balaban J connectivity index is 0.000000520. The van der Waals surface area contributed by atoms with Crippen molar-refractivity contribution < 1.29 is 71.2 Å². The van der Waals surface area contributed by atoms with Crippen molar-refractivity contribution in [2.24, 2.45) is 5.92 Å². The zero-order chi connectivity index (χ0) is 22.8. The van der Waals surface area contributed by atoms with Crippen LogP contribution in [0.15, 0.2) is 23.9 Å². The third kappa shape index (κ3) is 5.91. The van der Waals surface area contributed by atoms with Gasteiger partial charge in [-0.3, -0.25) is 9.69 Å². The van der Waals surface area contributed by atoms with Gasteiger partial charge in [0.05, 0.1) is 30.8 Å². The molecule has 1 saturated heterocycles. The summed E-state index contributed by atoms with van der Waals surface area (Å²) >= 11 is 1.26. The Labute approximate surface area is 239 Å². The summed E-state index contributed by atoms with van der Waals surface area (Å²) in [5.41, 5.74) is 1.39. The molecule has 3 atom stereocenters. The van der Waals surface area contributed by atoms with Crippen molar-refractivity contribution in [3.63, 3.8) is 0 Å². The molecule has 1 N–H and O–H groups in total. The van der Waals surface area contributed by atoms with E-state index in [2.05, 4.69) is 0 Å². The van der Waals surface area contributed by atoms with Crippen molar-refractivity contribution in [3.8, 4) is 5.75 Å². The van der Waals surface area contributed by atoms with E-state index in [0.29, 0.717) is 16.2 Å². The van der Waals surface area contributed by atoms with Crippen molar-refractivity contribution in [1.82, 2.24) is 4.90 Å². The second kappa shape index (κ2) is 13.2. The number of rotatable bonds is 5. The number of carboxylic acid groups (broad SMARTS) is 1. The van der Waals surface area contributed by atoms with E-state index >= 15 is 0 Å². The summed E-state index contributed by atoms with van der Waals surface area (Å²) in [6, 6.07) is 5.44. The van der Waals surface area contributed by atoms with Crippen LogP contribution in [0.2, 0.25) is 0 Å². The zero-order valence-electron chi connectivity index (χ0n) is 18.9. The minimum absolute atomic E-state index is 0. The van der Waals surface area contributed by atoms with Gasteiger partial charge in [0, 0.05) is 16.4 Å². The Bertz CT molecular complexity index is 907. The second-order valence-electron chi connectivity index (χ2n) is 7.50. The summed E-state index contributed by atoms with van der Waals surface area (Å²) < 4.78 is 5.50. The van der Waals surface area contributed by atoms with Crippen LogP contribution >= 0.6 is 11.8 Å². The Morgan fingerprint density at radius 1 is 1.12 bits per heavy atom. The van der Waals surface area contributed by atoms with Crippen LogP contribution in [0.5, 0.6) is 5.75 Å². The first-order valence-corrected chi connectivity index (χ1v) is 11.0. The van der Waals surface area contributed by atoms with Crippen LogP contribution in [0, 0.1) is 69.6 Å². The number of ether oxygens (including phenoxy) is 1. The number of methoxy groups -OCH3 is 1. The Morgan fingerprint density at radius 2 is 1.71 bits per heavy atom.